The number of nitrogens with one attached hydrogen (secondary N) is 2. The first-order valence-corrected chi connectivity index (χ1v) is 9.93. The highest BCUT2D eigenvalue weighted by Crippen LogP contribution is 2.18. The van der Waals surface area contributed by atoms with Crippen LogP contribution in [0.2, 0.25) is 0 Å². The SMILES string of the molecule is CN=C(NCCOc1cccc(NC(C)=O)c1)N1CCC(N2CCOCC2)C1.I. The van der Waals surface area contributed by atoms with Crippen LogP contribution in [0.5, 0.6) is 5.75 Å². The van der Waals surface area contributed by atoms with Gasteiger partial charge >= 0.3 is 0 Å². The number of carbonyl (C=O) groups excluding carboxylic acids is 1. The van der Waals surface area contributed by atoms with Crippen LogP contribution in [0.4, 0.5) is 5.69 Å². The fourth-order valence-corrected chi connectivity index (χ4v) is 3.71. The molecule has 2 saturated heterocycles. The Kier molecular flexibility index (Phi) is 9.95. The Bertz CT molecular complexity index is 682. The van der Waals surface area contributed by atoms with Gasteiger partial charge in [0.25, 0.3) is 0 Å². The Labute approximate surface area is 190 Å². The molecule has 1 aromatic carbocycles. The summed E-state index contributed by atoms with van der Waals surface area (Å²) in [5, 5.41) is 6.15. The van der Waals surface area contributed by atoms with Crippen LogP contribution in [-0.4, -0.2) is 87.3 Å². The minimum absolute atomic E-state index is 0. The summed E-state index contributed by atoms with van der Waals surface area (Å²) in [6, 6.07) is 7.99. The van der Waals surface area contributed by atoms with Gasteiger partial charge in [-0.1, -0.05) is 6.07 Å². The van der Waals surface area contributed by atoms with E-state index in [0.29, 0.717) is 19.2 Å². The molecule has 0 aliphatic carbocycles. The zero-order valence-corrected chi connectivity index (χ0v) is 19.6. The number of nitrogens with zero attached hydrogens (tertiary/aromatic N) is 3. The maximum absolute atomic E-state index is 11.2. The molecule has 9 heteroatoms. The highest BCUT2D eigenvalue weighted by Gasteiger charge is 2.30. The van der Waals surface area contributed by atoms with Crippen LogP contribution < -0.4 is 15.4 Å². The minimum atomic E-state index is -0.0939. The molecule has 29 heavy (non-hydrogen) atoms. The summed E-state index contributed by atoms with van der Waals surface area (Å²) in [5.74, 6) is 1.56. The molecule has 2 N–H and O–H groups in total. The van der Waals surface area contributed by atoms with E-state index in [9.17, 15) is 4.79 Å². The lowest BCUT2D eigenvalue weighted by atomic mass is 10.2. The van der Waals surface area contributed by atoms with Crippen molar-refractivity contribution in [2.45, 2.75) is 19.4 Å². The third-order valence-electron chi connectivity index (χ3n) is 5.05. The summed E-state index contributed by atoms with van der Waals surface area (Å²) in [6.45, 7) is 8.41. The predicted molar refractivity (Wildman–Crippen MR) is 125 cm³/mol. The molecular weight excluding hydrogens is 485 g/mol. The number of anilines is 1. The van der Waals surface area contributed by atoms with Crippen molar-refractivity contribution in [1.82, 2.24) is 15.1 Å². The van der Waals surface area contributed by atoms with Crippen molar-refractivity contribution >= 4 is 41.5 Å². The summed E-state index contributed by atoms with van der Waals surface area (Å²) in [4.78, 5) is 20.4. The minimum Gasteiger partial charge on any atom is -0.492 e. The van der Waals surface area contributed by atoms with Gasteiger partial charge in [0.1, 0.15) is 12.4 Å². The molecule has 1 atom stereocenters. The quantitative estimate of drug-likeness (QED) is 0.259. The van der Waals surface area contributed by atoms with Crippen molar-refractivity contribution in [2.75, 3.05) is 64.9 Å². The van der Waals surface area contributed by atoms with Crippen molar-refractivity contribution in [3.63, 3.8) is 0 Å². The molecule has 0 radical (unpaired) electrons. The first-order chi connectivity index (χ1) is 13.7. The molecule has 1 aromatic rings. The number of hydrogen-bond donors (Lipinski definition) is 2. The smallest absolute Gasteiger partial charge is 0.221 e. The molecule has 0 aromatic heterocycles. The summed E-state index contributed by atoms with van der Waals surface area (Å²) >= 11 is 0. The van der Waals surface area contributed by atoms with Crippen molar-refractivity contribution in [2.24, 2.45) is 4.99 Å². The van der Waals surface area contributed by atoms with Gasteiger partial charge in [0.05, 0.1) is 19.8 Å². The molecule has 2 fully saturated rings. The number of carbonyl (C=O) groups is 1. The maximum atomic E-state index is 11.2. The fraction of sp³-hybridized carbons (Fsp3) is 0.600. The largest absolute Gasteiger partial charge is 0.492 e. The number of rotatable bonds is 6. The van der Waals surface area contributed by atoms with E-state index in [4.69, 9.17) is 9.47 Å². The topological polar surface area (TPSA) is 78.4 Å². The molecule has 2 heterocycles. The second-order valence-electron chi connectivity index (χ2n) is 7.07. The normalized spacial score (nSPS) is 20.1. The van der Waals surface area contributed by atoms with E-state index >= 15 is 0 Å². The van der Waals surface area contributed by atoms with Crippen molar-refractivity contribution < 1.29 is 14.3 Å². The van der Waals surface area contributed by atoms with Crippen LogP contribution in [-0.2, 0) is 9.53 Å². The number of benzene rings is 1. The van der Waals surface area contributed by atoms with Crippen LogP contribution in [0.1, 0.15) is 13.3 Å². The van der Waals surface area contributed by atoms with E-state index in [2.05, 4.69) is 25.4 Å². The van der Waals surface area contributed by atoms with Gasteiger partial charge in [-0.05, 0) is 18.6 Å². The molecule has 2 aliphatic rings. The second kappa shape index (κ2) is 12.2. The van der Waals surface area contributed by atoms with Gasteiger partial charge in [-0.15, -0.1) is 24.0 Å². The number of guanidine groups is 1. The lowest BCUT2D eigenvalue weighted by Gasteiger charge is -2.32. The summed E-state index contributed by atoms with van der Waals surface area (Å²) in [6.07, 6.45) is 1.16. The average Bonchev–Trinajstić information content (AvgIpc) is 3.18. The predicted octanol–water partition coefficient (Wildman–Crippen LogP) is 1.62. The lowest BCUT2D eigenvalue weighted by Crippen LogP contribution is -2.47. The van der Waals surface area contributed by atoms with Crippen LogP contribution in [0.15, 0.2) is 29.3 Å². The maximum Gasteiger partial charge on any atom is 0.221 e. The van der Waals surface area contributed by atoms with E-state index < -0.39 is 0 Å². The third-order valence-corrected chi connectivity index (χ3v) is 5.05. The van der Waals surface area contributed by atoms with Crippen molar-refractivity contribution in [1.29, 1.82) is 0 Å². The van der Waals surface area contributed by atoms with E-state index in [0.717, 1.165) is 63.2 Å². The fourth-order valence-electron chi connectivity index (χ4n) is 3.71. The van der Waals surface area contributed by atoms with Crippen molar-refractivity contribution in [3.8, 4) is 5.75 Å². The summed E-state index contributed by atoms with van der Waals surface area (Å²) in [5.41, 5.74) is 0.736. The molecule has 1 amide bonds. The number of aliphatic imine (C=N–C) groups is 1. The highest BCUT2D eigenvalue weighted by molar-refractivity contribution is 14.0. The van der Waals surface area contributed by atoms with Crippen molar-refractivity contribution in [3.05, 3.63) is 24.3 Å². The Balaban J connectivity index is 0.00000300. The average molecular weight is 517 g/mol. The molecule has 162 valence electrons. The molecule has 2 aliphatic heterocycles. The number of hydrogen-bond acceptors (Lipinski definition) is 5. The Morgan fingerprint density at radius 3 is 2.83 bits per heavy atom. The standard InChI is InChI=1S/C20H31N5O3.HI/c1-16(26)23-17-4-3-5-19(14-17)28-11-7-22-20(21-2)25-8-6-18(15-25)24-9-12-27-13-10-24;/h3-5,14,18H,6-13,15H2,1-2H3,(H,21,22)(H,23,26);1H. The zero-order chi connectivity index (χ0) is 19.8. The molecular formula is C20H32IN5O3. The van der Waals surface area contributed by atoms with Crippen LogP contribution in [0.25, 0.3) is 0 Å². The first-order valence-electron chi connectivity index (χ1n) is 9.93. The zero-order valence-electron chi connectivity index (χ0n) is 17.2. The first kappa shape index (κ1) is 23.7. The van der Waals surface area contributed by atoms with Crippen LogP contribution in [0, 0.1) is 0 Å². The summed E-state index contributed by atoms with van der Waals surface area (Å²) < 4.78 is 11.2. The van der Waals surface area contributed by atoms with Crippen LogP contribution in [0.3, 0.4) is 0 Å². The van der Waals surface area contributed by atoms with E-state index in [1.165, 1.54) is 6.92 Å². The molecule has 0 saturated carbocycles. The monoisotopic (exact) mass is 517 g/mol. The van der Waals surface area contributed by atoms with E-state index in [-0.39, 0.29) is 29.9 Å². The molecule has 1 unspecified atom stereocenters. The number of ether oxygens (including phenoxy) is 2. The van der Waals surface area contributed by atoms with Gasteiger partial charge in [0.2, 0.25) is 5.91 Å². The molecule has 0 spiro atoms. The second-order valence-corrected chi connectivity index (χ2v) is 7.07. The van der Waals surface area contributed by atoms with Gasteiger partial charge in [-0.3, -0.25) is 14.7 Å². The highest BCUT2D eigenvalue weighted by atomic mass is 127. The number of amides is 1. The van der Waals surface area contributed by atoms with Gasteiger partial charge in [0, 0.05) is 57.9 Å². The number of likely N-dealkylation sites (tertiary alicyclic amines) is 1. The van der Waals surface area contributed by atoms with Gasteiger partial charge < -0.3 is 25.0 Å². The number of halogens is 1. The van der Waals surface area contributed by atoms with Gasteiger partial charge in [-0.25, -0.2) is 0 Å². The number of morpholine rings is 1. The summed E-state index contributed by atoms with van der Waals surface area (Å²) in [7, 11) is 1.82. The molecule has 8 nitrogen and oxygen atoms in total. The Hall–Kier alpha value is -1.59. The third kappa shape index (κ3) is 7.31. The van der Waals surface area contributed by atoms with Crippen LogP contribution >= 0.6 is 24.0 Å². The Morgan fingerprint density at radius 1 is 1.31 bits per heavy atom. The van der Waals surface area contributed by atoms with Gasteiger partial charge in [0.15, 0.2) is 5.96 Å². The van der Waals surface area contributed by atoms with Gasteiger partial charge in [-0.2, -0.15) is 0 Å². The Morgan fingerprint density at radius 2 is 2.10 bits per heavy atom. The molecule has 0 bridgehead atoms. The lowest BCUT2D eigenvalue weighted by molar-refractivity contribution is -0.114. The van der Waals surface area contributed by atoms with E-state index in [1.54, 1.807) is 0 Å². The molecule has 3 rings (SSSR count). The van der Waals surface area contributed by atoms with E-state index in [1.807, 2.05) is 31.3 Å².